The molecule has 0 spiro atoms. The third-order valence-corrected chi connectivity index (χ3v) is 4.75. The molecule has 6 heteroatoms. The highest BCUT2D eigenvalue weighted by molar-refractivity contribution is 7.89. The number of nitrogens with zero attached hydrogens (tertiary/aromatic N) is 1. The molecule has 5 nitrogen and oxygen atoms in total. The molecule has 2 N–H and O–H groups in total. The first kappa shape index (κ1) is 14.4. The first-order valence-corrected chi connectivity index (χ1v) is 8.40. The Bertz CT molecular complexity index is 470. The minimum atomic E-state index is -3.19. The Kier molecular flexibility index (Phi) is 5.30. The van der Waals surface area contributed by atoms with Gasteiger partial charge in [0, 0.05) is 25.0 Å². The van der Waals surface area contributed by atoms with E-state index < -0.39 is 10.0 Å². The summed E-state index contributed by atoms with van der Waals surface area (Å²) in [5.74, 6) is 0.190. The van der Waals surface area contributed by atoms with Crippen LogP contribution in [-0.2, 0) is 16.6 Å². The number of rotatable bonds is 6. The molecule has 0 bridgehead atoms. The summed E-state index contributed by atoms with van der Waals surface area (Å²) in [7, 11) is -3.19. The van der Waals surface area contributed by atoms with Gasteiger partial charge in [-0.2, -0.15) is 0 Å². The molecule has 2 heterocycles. The van der Waals surface area contributed by atoms with Gasteiger partial charge in [0.15, 0.2) is 0 Å². The maximum atomic E-state index is 11.9. The van der Waals surface area contributed by atoms with E-state index >= 15 is 0 Å². The molecule has 2 rings (SSSR count). The topological polar surface area (TPSA) is 71.1 Å². The molecule has 1 aliphatic rings. The number of sulfonamides is 1. The third-order valence-electron chi connectivity index (χ3n) is 3.39. The van der Waals surface area contributed by atoms with E-state index in [4.69, 9.17) is 0 Å². The second-order valence-electron chi connectivity index (χ2n) is 4.93. The third kappa shape index (κ3) is 5.26. The van der Waals surface area contributed by atoms with Gasteiger partial charge in [-0.1, -0.05) is 6.42 Å². The molecule has 0 radical (unpaired) electrons. The van der Waals surface area contributed by atoms with Gasteiger partial charge >= 0.3 is 0 Å². The maximum absolute atomic E-state index is 11.9. The summed E-state index contributed by atoms with van der Waals surface area (Å²) >= 11 is 0. The highest BCUT2D eigenvalue weighted by Gasteiger charge is 2.17. The lowest BCUT2D eigenvalue weighted by Gasteiger charge is -2.23. The van der Waals surface area contributed by atoms with E-state index in [0.29, 0.717) is 19.0 Å². The van der Waals surface area contributed by atoms with Crippen molar-refractivity contribution in [1.82, 2.24) is 15.0 Å². The van der Waals surface area contributed by atoms with Crippen molar-refractivity contribution < 1.29 is 8.42 Å². The Morgan fingerprint density at radius 1 is 1.32 bits per heavy atom. The molecule has 1 unspecified atom stereocenters. The zero-order valence-electron chi connectivity index (χ0n) is 11.0. The number of pyridine rings is 1. The van der Waals surface area contributed by atoms with Crippen LogP contribution in [0.2, 0.25) is 0 Å². The van der Waals surface area contributed by atoms with Gasteiger partial charge in [-0.25, -0.2) is 13.1 Å². The zero-order chi connectivity index (χ0) is 13.6. The summed E-state index contributed by atoms with van der Waals surface area (Å²) in [6.07, 6.45) is 7.49. The molecule has 0 aromatic carbocycles. The lowest BCUT2D eigenvalue weighted by molar-refractivity contribution is 0.392. The van der Waals surface area contributed by atoms with E-state index in [1.807, 2.05) is 12.1 Å². The maximum Gasteiger partial charge on any atom is 0.211 e. The van der Waals surface area contributed by atoms with Crippen molar-refractivity contribution in [3.8, 4) is 0 Å². The Morgan fingerprint density at radius 2 is 2.11 bits per heavy atom. The van der Waals surface area contributed by atoms with Crippen LogP contribution in [-0.4, -0.2) is 31.7 Å². The van der Waals surface area contributed by atoms with E-state index in [-0.39, 0.29) is 5.75 Å². The van der Waals surface area contributed by atoms with E-state index in [0.717, 1.165) is 18.5 Å². The normalized spacial score (nSPS) is 20.3. The van der Waals surface area contributed by atoms with E-state index in [1.165, 1.54) is 12.8 Å². The van der Waals surface area contributed by atoms with Crippen molar-refractivity contribution in [2.24, 2.45) is 0 Å². The molecule has 1 atom stereocenters. The molecule has 0 saturated carbocycles. The molecule has 1 aromatic heterocycles. The Morgan fingerprint density at radius 3 is 2.79 bits per heavy atom. The van der Waals surface area contributed by atoms with E-state index in [1.54, 1.807) is 12.4 Å². The molecular weight excluding hydrogens is 262 g/mol. The standard InChI is InChI=1S/C13H21N3O2S/c17-19(18,10-6-13-3-1-2-7-15-13)16-11-12-4-8-14-9-5-12/h4-5,8-9,13,15-16H,1-3,6-7,10-11H2. The molecular formula is C13H21N3O2S. The molecule has 106 valence electrons. The minimum Gasteiger partial charge on any atom is -0.314 e. The first-order chi connectivity index (χ1) is 9.16. The molecule has 1 saturated heterocycles. The molecule has 0 amide bonds. The number of aromatic nitrogens is 1. The minimum absolute atomic E-state index is 0.190. The van der Waals surface area contributed by atoms with Crippen LogP contribution < -0.4 is 10.0 Å². The van der Waals surface area contributed by atoms with Crippen LogP contribution in [0.15, 0.2) is 24.5 Å². The lowest BCUT2D eigenvalue weighted by Crippen LogP contribution is -2.37. The molecule has 19 heavy (non-hydrogen) atoms. The van der Waals surface area contributed by atoms with Gasteiger partial charge in [0.05, 0.1) is 5.75 Å². The van der Waals surface area contributed by atoms with Crippen molar-refractivity contribution in [3.63, 3.8) is 0 Å². The Hall–Kier alpha value is -0.980. The molecule has 0 aliphatic carbocycles. The summed E-state index contributed by atoms with van der Waals surface area (Å²) < 4.78 is 26.4. The highest BCUT2D eigenvalue weighted by atomic mass is 32.2. The van der Waals surface area contributed by atoms with Gasteiger partial charge in [0.2, 0.25) is 10.0 Å². The SMILES string of the molecule is O=S(=O)(CCC1CCCCN1)NCc1ccncc1. The molecule has 1 aromatic rings. The largest absolute Gasteiger partial charge is 0.314 e. The number of hydrogen-bond acceptors (Lipinski definition) is 4. The first-order valence-electron chi connectivity index (χ1n) is 6.75. The summed E-state index contributed by atoms with van der Waals surface area (Å²) in [5, 5.41) is 3.36. The van der Waals surface area contributed by atoms with Gasteiger partial charge in [-0.3, -0.25) is 4.98 Å². The summed E-state index contributed by atoms with van der Waals surface area (Å²) in [6, 6.07) is 3.97. The fourth-order valence-electron chi connectivity index (χ4n) is 2.23. The van der Waals surface area contributed by atoms with Crippen molar-refractivity contribution >= 4 is 10.0 Å². The highest BCUT2D eigenvalue weighted by Crippen LogP contribution is 2.10. The number of piperidine rings is 1. The predicted octanol–water partition coefficient (Wildman–Crippen LogP) is 1.03. The van der Waals surface area contributed by atoms with Gasteiger partial charge < -0.3 is 5.32 Å². The van der Waals surface area contributed by atoms with Crippen LogP contribution in [0.5, 0.6) is 0 Å². The summed E-state index contributed by atoms with van der Waals surface area (Å²) in [6.45, 7) is 1.35. The molecule has 1 fully saturated rings. The van der Waals surface area contributed by atoms with Gasteiger partial charge in [-0.15, -0.1) is 0 Å². The van der Waals surface area contributed by atoms with Gasteiger partial charge in [0.1, 0.15) is 0 Å². The number of hydrogen-bond donors (Lipinski definition) is 2. The van der Waals surface area contributed by atoms with Crippen LogP contribution in [0.1, 0.15) is 31.2 Å². The lowest BCUT2D eigenvalue weighted by atomic mass is 10.0. The van der Waals surface area contributed by atoms with Crippen LogP contribution in [0, 0.1) is 0 Å². The summed E-state index contributed by atoms with van der Waals surface area (Å²) in [5.41, 5.74) is 0.925. The van der Waals surface area contributed by atoms with Crippen LogP contribution in [0.4, 0.5) is 0 Å². The average molecular weight is 283 g/mol. The van der Waals surface area contributed by atoms with Crippen LogP contribution >= 0.6 is 0 Å². The Labute approximate surface area is 114 Å². The van der Waals surface area contributed by atoms with Crippen molar-refractivity contribution in [2.75, 3.05) is 12.3 Å². The second-order valence-corrected chi connectivity index (χ2v) is 6.86. The number of nitrogens with one attached hydrogen (secondary N) is 2. The van der Waals surface area contributed by atoms with Gasteiger partial charge in [-0.05, 0) is 43.5 Å². The fourth-order valence-corrected chi connectivity index (χ4v) is 3.36. The fraction of sp³-hybridized carbons (Fsp3) is 0.615. The average Bonchev–Trinajstić information content (AvgIpc) is 2.46. The van der Waals surface area contributed by atoms with Gasteiger partial charge in [0.25, 0.3) is 0 Å². The zero-order valence-corrected chi connectivity index (χ0v) is 11.8. The van der Waals surface area contributed by atoms with Crippen molar-refractivity contribution in [2.45, 2.75) is 38.3 Å². The van der Waals surface area contributed by atoms with Crippen molar-refractivity contribution in [3.05, 3.63) is 30.1 Å². The van der Waals surface area contributed by atoms with E-state index in [2.05, 4.69) is 15.0 Å². The smallest absolute Gasteiger partial charge is 0.211 e. The second kappa shape index (κ2) is 6.98. The predicted molar refractivity (Wildman–Crippen MR) is 75.1 cm³/mol. The van der Waals surface area contributed by atoms with E-state index in [9.17, 15) is 8.42 Å². The van der Waals surface area contributed by atoms with Crippen LogP contribution in [0.25, 0.3) is 0 Å². The monoisotopic (exact) mass is 283 g/mol. The Balaban J connectivity index is 1.75. The summed E-state index contributed by atoms with van der Waals surface area (Å²) in [4.78, 5) is 3.90. The molecule has 1 aliphatic heterocycles. The quantitative estimate of drug-likeness (QED) is 0.818. The van der Waals surface area contributed by atoms with Crippen LogP contribution in [0.3, 0.4) is 0 Å². The van der Waals surface area contributed by atoms with Crippen molar-refractivity contribution in [1.29, 1.82) is 0 Å².